The molecule has 0 spiro atoms. The van der Waals surface area contributed by atoms with Crippen LogP contribution in [0.3, 0.4) is 0 Å². The smallest absolute Gasteiger partial charge is 0.288 e. The molecule has 30 heavy (non-hydrogen) atoms. The molecule has 0 atom stereocenters. The first-order valence-electron chi connectivity index (χ1n) is 8.90. The highest BCUT2D eigenvalue weighted by Gasteiger charge is 2.15. The lowest BCUT2D eigenvalue weighted by Gasteiger charge is -2.11. The number of anilines is 1. The molecular formula is C21H15F2N3O2S2. The summed E-state index contributed by atoms with van der Waals surface area (Å²) in [7, 11) is 0. The van der Waals surface area contributed by atoms with E-state index in [1.807, 2.05) is 29.6 Å². The summed E-state index contributed by atoms with van der Waals surface area (Å²) < 4.78 is 26.0. The maximum atomic E-state index is 12.8. The van der Waals surface area contributed by atoms with Crippen molar-refractivity contribution in [3.8, 4) is 10.6 Å². The van der Waals surface area contributed by atoms with E-state index >= 15 is 0 Å². The van der Waals surface area contributed by atoms with E-state index in [-0.39, 0.29) is 12.1 Å². The number of hydrogen-bond donors (Lipinski definition) is 1. The first kappa shape index (κ1) is 20.2. The monoisotopic (exact) mass is 443 g/mol. The Bertz CT molecular complexity index is 1240. The summed E-state index contributed by atoms with van der Waals surface area (Å²) in [6.07, 6.45) is 0. The Balaban J connectivity index is 1.60. The van der Waals surface area contributed by atoms with Gasteiger partial charge in [-0.2, -0.15) is 13.9 Å². The van der Waals surface area contributed by atoms with Gasteiger partial charge >= 0.3 is 0 Å². The van der Waals surface area contributed by atoms with Crippen LogP contribution in [0.25, 0.3) is 21.3 Å². The number of thiophene rings is 1. The van der Waals surface area contributed by atoms with E-state index in [0.29, 0.717) is 33.4 Å². The summed E-state index contributed by atoms with van der Waals surface area (Å²) >= 11 is 1.93. The fourth-order valence-electron chi connectivity index (χ4n) is 2.99. The van der Waals surface area contributed by atoms with Crippen LogP contribution >= 0.6 is 23.1 Å². The van der Waals surface area contributed by atoms with Gasteiger partial charge in [0.05, 0.1) is 10.3 Å². The summed E-state index contributed by atoms with van der Waals surface area (Å²) in [4.78, 5) is 26.6. The van der Waals surface area contributed by atoms with Crippen LogP contribution in [0.15, 0.2) is 75.7 Å². The average Bonchev–Trinajstić information content (AvgIpc) is 3.26. The van der Waals surface area contributed by atoms with Gasteiger partial charge in [0.2, 0.25) is 5.91 Å². The third-order valence-electron chi connectivity index (χ3n) is 4.28. The van der Waals surface area contributed by atoms with E-state index in [1.54, 1.807) is 12.1 Å². The predicted octanol–water partition coefficient (Wildman–Crippen LogP) is 5.08. The van der Waals surface area contributed by atoms with Crippen LogP contribution in [-0.2, 0) is 11.3 Å². The number of thioether (sulfide) groups is 1. The third-order valence-corrected chi connectivity index (χ3v) is 5.88. The van der Waals surface area contributed by atoms with E-state index in [1.165, 1.54) is 35.6 Å². The summed E-state index contributed by atoms with van der Waals surface area (Å²) in [6.45, 7) is -0.268. The molecule has 0 aliphatic carbocycles. The van der Waals surface area contributed by atoms with Gasteiger partial charge < -0.3 is 5.32 Å². The molecule has 152 valence electrons. The quantitative estimate of drug-likeness (QED) is 0.422. The average molecular weight is 444 g/mol. The second-order valence-corrected chi connectivity index (χ2v) is 8.30. The van der Waals surface area contributed by atoms with Gasteiger partial charge in [-0.15, -0.1) is 11.3 Å². The van der Waals surface area contributed by atoms with Gasteiger partial charge in [0.25, 0.3) is 11.3 Å². The molecule has 0 aliphatic rings. The number of aromatic nitrogens is 2. The highest BCUT2D eigenvalue weighted by molar-refractivity contribution is 7.99. The summed E-state index contributed by atoms with van der Waals surface area (Å²) in [5.41, 5.74) is 0.733. The molecule has 0 fully saturated rings. The Morgan fingerprint density at radius 1 is 1.07 bits per heavy atom. The van der Waals surface area contributed by atoms with E-state index in [0.717, 1.165) is 14.9 Å². The number of fused-ring (bicyclic) bond motifs is 1. The third kappa shape index (κ3) is 4.42. The molecule has 1 N–H and O–H groups in total. The van der Waals surface area contributed by atoms with Gasteiger partial charge in [-0.05, 0) is 41.8 Å². The maximum absolute atomic E-state index is 12.8. The van der Waals surface area contributed by atoms with Crippen LogP contribution in [-0.4, -0.2) is 21.4 Å². The minimum atomic E-state index is -2.51. The molecule has 2 aromatic heterocycles. The van der Waals surface area contributed by atoms with Crippen molar-refractivity contribution in [1.29, 1.82) is 0 Å². The topological polar surface area (TPSA) is 64.0 Å². The molecule has 2 aromatic carbocycles. The predicted molar refractivity (Wildman–Crippen MR) is 116 cm³/mol. The number of halogens is 2. The van der Waals surface area contributed by atoms with Crippen molar-refractivity contribution in [3.05, 3.63) is 76.4 Å². The Morgan fingerprint density at radius 3 is 2.47 bits per heavy atom. The molecule has 4 aromatic rings. The van der Waals surface area contributed by atoms with E-state index in [2.05, 4.69) is 10.4 Å². The van der Waals surface area contributed by atoms with Crippen molar-refractivity contribution in [2.24, 2.45) is 0 Å². The van der Waals surface area contributed by atoms with Crippen molar-refractivity contribution in [2.75, 3.05) is 5.32 Å². The first-order valence-corrected chi connectivity index (χ1v) is 10.7. The Hall–Kier alpha value is -3.04. The minimum absolute atomic E-state index is 0.268. The standard InChI is InChI=1S/C21H15F2N3O2S2/c22-21(23)30-14-9-7-13(8-10-14)24-18(27)12-26-20(28)16-5-2-1-4-15(16)19(25-26)17-6-3-11-29-17/h1-11,21H,12H2,(H,24,27). The van der Waals surface area contributed by atoms with Crippen LogP contribution in [0.4, 0.5) is 14.5 Å². The summed E-state index contributed by atoms with van der Waals surface area (Å²) in [6, 6.07) is 17.0. The zero-order chi connectivity index (χ0) is 21.1. The molecule has 0 unspecified atom stereocenters. The molecule has 0 saturated heterocycles. The largest absolute Gasteiger partial charge is 0.324 e. The van der Waals surface area contributed by atoms with E-state index in [9.17, 15) is 18.4 Å². The van der Waals surface area contributed by atoms with Crippen LogP contribution in [0.2, 0.25) is 0 Å². The van der Waals surface area contributed by atoms with Crippen LogP contribution in [0.5, 0.6) is 0 Å². The maximum Gasteiger partial charge on any atom is 0.288 e. The second-order valence-electron chi connectivity index (χ2n) is 6.29. The normalized spacial score (nSPS) is 11.2. The number of carbonyl (C=O) groups excluding carboxylic acids is 1. The molecule has 0 aliphatic heterocycles. The second kappa shape index (κ2) is 8.76. The van der Waals surface area contributed by atoms with Crippen molar-refractivity contribution < 1.29 is 13.6 Å². The molecular weight excluding hydrogens is 428 g/mol. The number of hydrogen-bond acceptors (Lipinski definition) is 5. The van der Waals surface area contributed by atoms with Crippen molar-refractivity contribution in [1.82, 2.24) is 9.78 Å². The number of rotatable bonds is 6. The highest BCUT2D eigenvalue weighted by atomic mass is 32.2. The Kier molecular flexibility index (Phi) is 5.91. The molecule has 0 saturated carbocycles. The number of amides is 1. The lowest BCUT2D eigenvalue weighted by atomic mass is 10.1. The van der Waals surface area contributed by atoms with Crippen LogP contribution < -0.4 is 10.9 Å². The molecule has 9 heteroatoms. The summed E-state index contributed by atoms with van der Waals surface area (Å²) in [5, 5.41) is 10.2. The minimum Gasteiger partial charge on any atom is -0.324 e. The van der Waals surface area contributed by atoms with Gasteiger partial charge in [-0.1, -0.05) is 36.0 Å². The Morgan fingerprint density at radius 2 is 1.80 bits per heavy atom. The molecule has 0 bridgehead atoms. The zero-order valence-electron chi connectivity index (χ0n) is 15.4. The van der Waals surface area contributed by atoms with Gasteiger partial charge in [-0.3, -0.25) is 9.59 Å². The van der Waals surface area contributed by atoms with Crippen LogP contribution in [0, 0.1) is 0 Å². The number of nitrogens with zero attached hydrogens (tertiary/aromatic N) is 2. The lowest BCUT2D eigenvalue weighted by molar-refractivity contribution is -0.117. The van der Waals surface area contributed by atoms with Gasteiger partial charge in [-0.25, -0.2) is 4.68 Å². The van der Waals surface area contributed by atoms with Crippen molar-refractivity contribution in [2.45, 2.75) is 17.2 Å². The van der Waals surface area contributed by atoms with Crippen molar-refractivity contribution in [3.63, 3.8) is 0 Å². The molecule has 2 heterocycles. The molecule has 4 rings (SSSR count). The number of nitrogens with one attached hydrogen (secondary N) is 1. The highest BCUT2D eigenvalue weighted by Crippen LogP contribution is 2.28. The van der Waals surface area contributed by atoms with Gasteiger partial charge in [0.1, 0.15) is 12.2 Å². The van der Waals surface area contributed by atoms with Gasteiger partial charge in [0, 0.05) is 16.0 Å². The number of alkyl halides is 2. The fraction of sp³-hybridized carbons (Fsp3) is 0.0952. The molecule has 5 nitrogen and oxygen atoms in total. The lowest BCUT2D eigenvalue weighted by Crippen LogP contribution is -2.30. The number of carbonyl (C=O) groups is 1. The Labute approximate surface area is 178 Å². The van der Waals surface area contributed by atoms with Crippen LogP contribution in [0.1, 0.15) is 0 Å². The molecule has 0 radical (unpaired) electrons. The van der Waals surface area contributed by atoms with Crippen molar-refractivity contribution >= 4 is 45.5 Å². The fourth-order valence-corrected chi connectivity index (χ4v) is 4.22. The SMILES string of the molecule is O=C(Cn1nc(-c2cccs2)c2ccccc2c1=O)Nc1ccc(SC(F)F)cc1. The van der Waals surface area contributed by atoms with E-state index in [4.69, 9.17) is 0 Å². The number of benzene rings is 2. The first-order chi connectivity index (χ1) is 14.5. The molecule has 1 amide bonds. The van der Waals surface area contributed by atoms with E-state index < -0.39 is 11.7 Å². The van der Waals surface area contributed by atoms with Gasteiger partial charge in [0.15, 0.2) is 0 Å². The summed E-state index contributed by atoms with van der Waals surface area (Å²) in [5.74, 6) is -2.94. The zero-order valence-corrected chi connectivity index (χ0v) is 17.1.